The van der Waals surface area contributed by atoms with Crippen LogP contribution in [0.25, 0.3) is 10.9 Å². The van der Waals surface area contributed by atoms with E-state index < -0.39 is 17.5 Å². The van der Waals surface area contributed by atoms with Crippen LogP contribution in [0.3, 0.4) is 0 Å². The van der Waals surface area contributed by atoms with Crippen LogP contribution in [0.15, 0.2) is 23.0 Å². The SMILES string of the molecule is CCCCOC(=O)C1CCN(c2cccc3nnn(C4CCC(=O)NC4=O)c(=O)c23)CC1. The zero-order valence-corrected chi connectivity index (χ0v) is 18.1. The molecule has 170 valence electrons. The van der Waals surface area contributed by atoms with E-state index in [0.29, 0.717) is 49.1 Å². The van der Waals surface area contributed by atoms with Crippen molar-refractivity contribution in [1.29, 1.82) is 0 Å². The third-order valence-corrected chi connectivity index (χ3v) is 6.11. The molecule has 1 aromatic heterocycles. The van der Waals surface area contributed by atoms with Gasteiger partial charge in [-0.1, -0.05) is 24.6 Å². The fraction of sp³-hybridized carbons (Fsp3) is 0.545. The van der Waals surface area contributed by atoms with Crippen LogP contribution in [0.1, 0.15) is 51.5 Å². The largest absolute Gasteiger partial charge is 0.465 e. The van der Waals surface area contributed by atoms with Gasteiger partial charge in [-0.2, -0.15) is 4.68 Å². The van der Waals surface area contributed by atoms with Crippen LogP contribution in [0.4, 0.5) is 5.69 Å². The number of carbonyl (C=O) groups is 3. The van der Waals surface area contributed by atoms with Crippen molar-refractivity contribution < 1.29 is 19.1 Å². The molecule has 0 aliphatic carbocycles. The maximum Gasteiger partial charge on any atom is 0.309 e. The van der Waals surface area contributed by atoms with E-state index in [-0.39, 0.29) is 30.6 Å². The standard InChI is InChI=1S/C22H27N5O5/c1-2-3-13-32-22(31)14-9-11-26(12-10-14)16-6-4-5-15-19(16)21(30)27(25-24-15)17-7-8-18(28)23-20(17)29/h4-6,14,17H,2-3,7-13H2,1H3,(H,23,28,29). The third kappa shape index (κ3) is 4.35. The van der Waals surface area contributed by atoms with Gasteiger partial charge in [0.1, 0.15) is 11.6 Å². The zero-order chi connectivity index (χ0) is 22.7. The van der Waals surface area contributed by atoms with Crippen molar-refractivity contribution in [3.8, 4) is 0 Å². The van der Waals surface area contributed by atoms with E-state index in [2.05, 4.69) is 27.5 Å². The van der Waals surface area contributed by atoms with Crippen LogP contribution >= 0.6 is 0 Å². The second-order valence-corrected chi connectivity index (χ2v) is 8.26. The summed E-state index contributed by atoms with van der Waals surface area (Å²) in [7, 11) is 0. The van der Waals surface area contributed by atoms with Gasteiger partial charge in [-0.25, -0.2) is 0 Å². The second kappa shape index (κ2) is 9.46. The molecule has 0 radical (unpaired) electrons. The van der Waals surface area contributed by atoms with Gasteiger partial charge in [0.15, 0.2) is 0 Å². The summed E-state index contributed by atoms with van der Waals surface area (Å²) < 4.78 is 6.44. The summed E-state index contributed by atoms with van der Waals surface area (Å²) in [6.07, 6.45) is 3.47. The molecule has 2 aliphatic rings. The Labute approximate surface area is 184 Å². The smallest absolute Gasteiger partial charge is 0.309 e. The lowest BCUT2D eigenvalue weighted by Gasteiger charge is -2.33. The number of fused-ring (bicyclic) bond motifs is 1. The highest BCUT2D eigenvalue weighted by Gasteiger charge is 2.32. The Morgan fingerprint density at radius 3 is 2.69 bits per heavy atom. The molecular formula is C22H27N5O5. The first-order chi connectivity index (χ1) is 15.5. The Morgan fingerprint density at radius 2 is 1.97 bits per heavy atom. The predicted octanol–water partition coefficient (Wildman–Crippen LogP) is 1.33. The molecule has 4 rings (SSSR count). The molecule has 2 saturated heterocycles. The van der Waals surface area contributed by atoms with Gasteiger partial charge >= 0.3 is 5.97 Å². The quantitative estimate of drug-likeness (QED) is 0.405. The maximum absolute atomic E-state index is 13.3. The number of aromatic nitrogens is 3. The van der Waals surface area contributed by atoms with E-state index in [1.54, 1.807) is 6.07 Å². The average Bonchev–Trinajstić information content (AvgIpc) is 2.80. The molecule has 3 heterocycles. The number of ether oxygens (including phenoxy) is 1. The number of unbranched alkanes of at least 4 members (excludes halogenated alkanes) is 1. The summed E-state index contributed by atoms with van der Waals surface area (Å²) in [5.74, 6) is -1.19. The van der Waals surface area contributed by atoms with E-state index >= 15 is 0 Å². The molecule has 0 bridgehead atoms. The monoisotopic (exact) mass is 441 g/mol. The normalized spacial score (nSPS) is 19.8. The predicted molar refractivity (Wildman–Crippen MR) is 116 cm³/mol. The first-order valence-electron chi connectivity index (χ1n) is 11.1. The van der Waals surface area contributed by atoms with Crippen molar-refractivity contribution in [1.82, 2.24) is 20.3 Å². The van der Waals surface area contributed by atoms with Crippen molar-refractivity contribution in [3.05, 3.63) is 28.6 Å². The Bertz CT molecular complexity index is 1090. The number of rotatable bonds is 6. The molecule has 2 aliphatic heterocycles. The number of imide groups is 1. The number of hydrogen-bond donors (Lipinski definition) is 1. The van der Waals surface area contributed by atoms with Crippen LogP contribution < -0.4 is 15.8 Å². The third-order valence-electron chi connectivity index (χ3n) is 6.11. The maximum atomic E-state index is 13.3. The van der Waals surface area contributed by atoms with E-state index in [1.165, 1.54) is 0 Å². The lowest BCUT2D eigenvalue weighted by Crippen LogP contribution is -2.45. The first-order valence-corrected chi connectivity index (χ1v) is 11.1. The summed E-state index contributed by atoms with van der Waals surface area (Å²) in [4.78, 5) is 51.4. The molecule has 32 heavy (non-hydrogen) atoms. The van der Waals surface area contributed by atoms with Crippen LogP contribution in [0, 0.1) is 5.92 Å². The van der Waals surface area contributed by atoms with Crippen molar-refractivity contribution in [3.63, 3.8) is 0 Å². The Kier molecular flexibility index (Phi) is 6.48. The molecule has 1 atom stereocenters. The first kappa shape index (κ1) is 21.9. The number of amides is 2. The van der Waals surface area contributed by atoms with Crippen LogP contribution in [-0.4, -0.2) is 52.5 Å². The Hall–Kier alpha value is -3.30. The van der Waals surface area contributed by atoms with Crippen LogP contribution in [-0.2, 0) is 19.1 Å². The van der Waals surface area contributed by atoms with Crippen molar-refractivity contribution >= 4 is 34.4 Å². The zero-order valence-electron chi connectivity index (χ0n) is 18.1. The van der Waals surface area contributed by atoms with Crippen LogP contribution in [0.2, 0.25) is 0 Å². The summed E-state index contributed by atoms with van der Waals surface area (Å²) in [5.41, 5.74) is 0.736. The summed E-state index contributed by atoms with van der Waals surface area (Å²) in [5, 5.41) is 10.8. The minimum Gasteiger partial charge on any atom is -0.465 e. The van der Waals surface area contributed by atoms with Gasteiger partial charge in [-0.3, -0.25) is 24.5 Å². The van der Waals surface area contributed by atoms with Crippen molar-refractivity contribution in [2.45, 2.75) is 51.5 Å². The molecule has 2 aromatic rings. The van der Waals surface area contributed by atoms with Crippen LogP contribution in [0.5, 0.6) is 0 Å². The second-order valence-electron chi connectivity index (χ2n) is 8.26. The average molecular weight is 441 g/mol. The molecular weight excluding hydrogens is 414 g/mol. The highest BCUT2D eigenvalue weighted by molar-refractivity contribution is 5.99. The van der Waals surface area contributed by atoms with Gasteiger partial charge in [0.05, 0.1) is 23.6 Å². The molecule has 0 saturated carbocycles. The number of nitrogens with one attached hydrogen (secondary N) is 1. The lowest BCUT2D eigenvalue weighted by molar-refractivity contribution is -0.149. The van der Waals surface area contributed by atoms with Gasteiger partial charge in [-0.05, 0) is 37.8 Å². The summed E-state index contributed by atoms with van der Waals surface area (Å²) in [6.45, 7) is 3.71. The molecule has 1 unspecified atom stereocenters. The topological polar surface area (TPSA) is 123 Å². The molecule has 2 fully saturated rings. The van der Waals surface area contributed by atoms with Gasteiger partial charge in [-0.15, -0.1) is 5.10 Å². The molecule has 1 aromatic carbocycles. The van der Waals surface area contributed by atoms with Gasteiger partial charge < -0.3 is 9.64 Å². The minimum absolute atomic E-state index is 0.141. The fourth-order valence-corrected chi connectivity index (χ4v) is 4.26. The van der Waals surface area contributed by atoms with E-state index in [4.69, 9.17) is 4.74 Å². The van der Waals surface area contributed by atoms with Crippen molar-refractivity contribution in [2.75, 3.05) is 24.6 Å². The Balaban J connectivity index is 1.56. The number of anilines is 1. The number of esters is 1. The van der Waals surface area contributed by atoms with Gasteiger partial charge in [0.2, 0.25) is 5.91 Å². The molecule has 0 spiro atoms. The summed E-state index contributed by atoms with van der Waals surface area (Å²) in [6, 6.07) is 4.50. The van der Waals surface area contributed by atoms with E-state index in [1.807, 2.05) is 12.1 Å². The van der Waals surface area contributed by atoms with E-state index in [9.17, 15) is 19.2 Å². The number of benzene rings is 1. The molecule has 10 heteroatoms. The lowest BCUT2D eigenvalue weighted by atomic mass is 9.96. The highest BCUT2D eigenvalue weighted by atomic mass is 16.5. The van der Waals surface area contributed by atoms with Gasteiger partial charge in [0, 0.05) is 19.5 Å². The number of carbonyl (C=O) groups excluding carboxylic acids is 3. The molecule has 1 N–H and O–H groups in total. The fourth-order valence-electron chi connectivity index (χ4n) is 4.26. The molecule has 10 nitrogen and oxygen atoms in total. The van der Waals surface area contributed by atoms with Gasteiger partial charge in [0.25, 0.3) is 11.5 Å². The summed E-state index contributed by atoms with van der Waals surface area (Å²) >= 11 is 0. The minimum atomic E-state index is -0.867. The van der Waals surface area contributed by atoms with E-state index in [0.717, 1.165) is 17.5 Å². The Morgan fingerprint density at radius 1 is 1.19 bits per heavy atom. The molecule has 2 amide bonds. The highest BCUT2D eigenvalue weighted by Crippen LogP contribution is 2.28. The number of hydrogen-bond acceptors (Lipinski definition) is 8. The number of piperidine rings is 2. The van der Waals surface area contributed by atoms with Crippen molar-refractivity contribution in [2.24, 2.45) is 5.92 Å². The number of nitrogens with zero attached hydrogens (tertiary/aromatic N) is 4.